The van der Waals surface area contributed by atoms with E-state index in [2.05, 4.69) is 10.1 Å². The summed E-state index contributed by atoms with van der Waals surface area (Å²) in [6.45, 7) is 0. The number of anilines is 1. The van der Waals surface area contributed by atoms with Crippen molar-refractivity contribution in [2.24, 2.45) is 0 Å². The van der Waals surface area contributed by atoms with Crippen LogP contribution in [-0.4, -0.2) is 14.8 Å². The van der Waals surface area contributed by atoms with Crippen molar-refractivity contribution in [3.63, 3.8) is 0 Å². The maximum absolute atomic E-state index is 6.05. The third kappa shape index (κ3) is 1.55. The van der Waals surface area contributed by atoms with Gasteiger partial charge in [0.25, 0.3) is 0 Å². The highest BCUT2D eigenvalue weighted by Crippen LogP contribution is 2.27. The first-order valence-corrected chi connectivity index (χ1v) is 6.42. The molecular weight excluding hydrogens is 248 g/mol. The lowest BCUT2D eigenvalue weighted by atomic mass is 10.1. The average molecular weight is 260 g/mol. The van der Waals surface area contributed by atoms with Gasteiger partial charge in [-0.2, -0.15) is 5.10 Å². The van der Waals surface area contributed by atoms with Crippen LogP contribution in [0, 0.1) is 0 Å². The van der Waals surface area contributed by atoms with Gasteiger partial charge in [-0.3, -0.25) is 0 Å². The Morgan fingerprint density at radius 2 is 1.60 bits per heavy atom. The van der Waals surface area contributed by atoms with Crippen molar-refractivity contribution in [3.05, 3.63) is 60.8 Å². The number of rotatable bonds is 1. The topological polar surface area (TPSA) is 56.7 Å². The molecule has 0 spiro atoms. The maximum atomic E-state index is 6.05. The van der Waals surface area contributed by atoms with E-state index in [4.69, 9.17) is 5.73 Å². The van der Waals surface area contributed by atoms with Gasteiger partial charge in [0.15, 0.2) is 0 Å². The molecule has 0 aliphatic carbocycles. The first kappa shape index (κ1) is 11.0. The van der Waals surface area contributed by atoms with Crippen LogP contribution in [0.2, 0.25) is 0 Å². The highest BCUT2D eigenvalue weighted by Gasteiger charge is 2.10. The smallest absolute Gasteiger partial charge is 0.135 e. The number of para-hydroxylation sites is 2. The van der Waals surface area contributed by atoms with Crippen molar-refractivity contribution < 1.29 is 0 Å². The summed E-state index contributed by atoms with van der Waals surface area (Å²) in [4.78, 5) is 4.44. The molecule has 2 aromatic heterocycles. The fourth-order valence-electron chi connectivity index (χ4n) is 2.43. The van der Waals surface area contributed by atoms with Gasteiger partial charge in [-0.15, -0.1) is 0 Å². The lowest BCUT2D eigenvalue weighted by molar-refractivity contribution is 0.898. The van der Waals surface area contributed by atoms with Crippen molar-refractivity contribution in [1.82, 2.24) is 14.8 Å². The number of nitrogen functional groups attached to an aromatic ring is 1. The van der Waals surface area contributed by atoms with Gasteiger partial charge < -0.3 is 5.73 Å². The Hall–Kier alpha value is -2.88. The Morgan fingerprint density at radius 1 is 0.850 bits per heavy atom. The molecule has 2 aromatic carbocycles. The van der Waals surface area contributed by atoms with Crippen LogP contribution < -0.4 is 5.73 Å². The second-order valence-electron chi connectivity index (χ2n) is 4.69. The second kappa shape index (κ2) is 4.06. The van der Waals surface area contributed by atoms with Crippen LogP contribution in [0.3, 0.4) is 0 Å². The van der Waals surface area contributed by atoms with E-state index < -0.39 is 0 Å². The van der Waals surface area contributed by atoms with E-state index in [-0.39, 0.29) is 0 Å². The lowest BCUT2D eigenvalue weighted by Crippen LogP contribution is -1.92. The summed E-state index contributed by atoms with van der Waals surface area (Å²) >= 11 is 0. The molecule has 4 aromatic rings. The molecule has 4 nitrogen and oxygen atoms in total. The molecule has 2 N–H and O–H groups in total. The highest BCUT2D eigenvalue weighted by atomic mass is 15.3. The molecule has 0 bridgehead atoms. The van der Waals surface area contributed by atoms with Crippen LogP contribution in [0.5, 0.6) is 0 Å². The molecule has 0 aliphatic rings. The monoisotopic (exact) mass is 260 g/mol. The van der Waals surface area contributed by atoms with Crippen LogP contribution in [0.25, 0.3) is 27.5 Å². The van der Waals surface area contributed by atoms with Gasteiger partial charge in [-0.1, -0.05) is 36.4 Å². The van der Waals surface area contributed by atoms with Gasteiger partial charge in [0.05, 0.1) is 16.6 Å². The molecule has 0 radical (unpaired) electrons. The number of fused-ring (bicyclic) bond motifs is 3. The maximum Gasteiger partial charge on any atom is 0.135 e. The molecule has 0 unspecified atom stereocenters. The Balaban J connectivity index is 2.08. The first-order valence-electron chi connectivity index (χ1n) is 6.42. The summed E-state index contributed by atoms with van der Waals surface area (Å²) in [5, 5.41) is 6.57. The third-order valence-corrected chi connectivity index (χ3v) is 3.41. The standard InChI is InChI=1S/C16H12N4/c17-16-13-10-20(11-6-2-1-3-7-11)19-15(13)12-8-4-5-9-14(12)18-16/h1-10H,(H2,17,18). The van der Waals surface area contributed by atoms with Gasteiger partial charge in [0.2, 0.25) is 0 Å². The van der Waals surface area contributed by atoms with Crippen molar-refractivity contribution in [2.45, 2.75) is 0 Å². The van der Waals surface area contributed by atoms with Crippen molar-refractivity contribution in [2.75, 3.05) is 5.73 Å². The SMILES string of the molecule is Nc1nc2ccccc2c2nn(-c3ccccc3)cc12. The quantitative estimate of drug-likeness (QED) is 0.572. The van der Waals surface area contributed by atoms with Crippen LogP contribution >= 0.6 is 0 Å². The zero-order valence-electron chi connectivity index (χ0n) is 10.7. The molecule has 0 aliphatic heterocycles. The number of hydrogen-bond donors (Lipinski definition) is 1. The van der Waals surface area contributed by atoms with E-state index >= 15 is 0 Å². The summed E-state index contributed by atoms with van der Waals surface area (Å²) in [5.74, 6) is 0.515. The molecule has 4 heteroatoms. The van der Waals surface area contributed by atoms with Crippen molar-refractivity contribution >= 4 is 27.6 Å². The van der Waals surface area contributed by atoms with E-state index in [1.807, 2.05) is 65.5 Å². The Bertz CT molecular complexity index is 910. The normalized spacial score (nSPS) is 11.2. The predicted octanol–water partition coefficient (Wildman–Crippen LogP) is 3.16. The first-order chi connectivity index (χ1) is 9.83. The Labute approximate surface area is 115 Å². The van der Waals surface area contributed by atoms with Gasteiger partial charge in [0.1, 0.15) is 11.3 Å². The minimum absolute atomic E-state index is 0.515. The number of nitrogens with zero attached hydrogens (tertiary/aromatic N) is 3. The van der Waals surface area contributed by atoms with Gasteiger partial charge in [-0.25, -0.2) is 9.67 Å². The summed E-state index contributed by atoms with van der Waals surface area (Å²) in [6.07, 6.45) is 1.93. The number of pyridine rings is 1. The summed E-state index contributed by atoms with van der Waals surface area (Å²) < 4.78 is 1.84. The van der Waals surface area contributed by atoms with Crippen molar-refractivity contribution in [1.29, 1.82) is 0 Å². The van der Waals surface area contributed by atoms with E-state index in [9.17, 15) is 0 Å². The van der Waals surface area contributed by atoms with E-state index in [1.54, 1.807) is 0 Å². The minimum Gasteiger partial charge on any atom is -0.383 e. The number of hydrogen-bond acceptors (Lipinski definition) is 3. The molecule has 20 heavy (non-hydrogen) atoms. The molecule has 0 saturated heterocycles. The number of aromatic nitrogens is 3. The molecule has 0 atom stereocenters. The lowest BCUT2D eigenvalue weighted by Gasteiger charge is -1.99. The van der Waals surface area contributed by atoms with Crippen LogP contribution in [0.1, 0.15) is 0 Å². The fraction of sp³-hybridized carbons (Fsp3) is 0. The van der Waals surface area contributed by atoms with E-state index in [0.717, 1.165) is 27.5 Å². The molecule has 4 rings (SSSR count). The third-order valence-electron chi connectivity index (χ3n) is 3.41. The minimum atomic E-state index is 0.515. The van der Waals surface area contributed by atoms with E-state index in [0.29, 0.717) is 5.82 Å². The second-order valence-corrected chi connectivity index (χ2v) is 4.69. The average Bonchev–Trinajstić information content (AvgIpc) is 2.94. The molecule has 0 amide bonds. The van der Waals surface area contributed by atoms with Crippen LogP contribution in [-0.2, 0) is 0 Å². The van der Waals surface area contributed by atoms with Crippen LogP contribution in [0.15, 0.2) is 60.8 Å². The Morgan fingerprint density at radius 3 is 2.45 bits per heavy atom. The van der Waals surface area contributed by atoms with Gasteiger partial charge in [0, 0.05) is 11.6 Å². The van der Waals surface area contributed by atoms with E-state index in [1.165, 1.54) is 0 Å². The summed E-state index contributed by atoms with van der Waals surface area (Å²) in [7, 11) is 0. The predicted molar refractivity (Wildman–Crippen MR) is 80.8 cm³/mol. The molecule has 0 saturated carbocycles. The molecule has 2 heterocycles. The molecular formula is C16H12N4. The Kier molecular flexibility index (Phi) is 2.23. The number of benzene rings is 2. The van der Waals surface area contributed by atoms with Crippen LogP contribution in [0.4, 0.5) is 5.82 Å². The zero-order chi connectivity index (χ0) is 13.5. The highest BCUT2D eigenvalue weighted by molar-refractivity contribution is 6.07. The fourth-order valence-corrected chi connectivity index (χ4v) is 2.43. The summed E-state index contributed by atoms with van der Waals surface area (Å²) in [6, 6.07) is 17.9. The largest absolute Gasteiger partial charge is 0.383 e. The van der Waals surface area contributed by atoms with Crippen molar-refractivity contribution in [3.8, 4) is 5.69 Å². The molecule has 0 fully saturated rings. The van der Waals surface area contributed by atoms with Gasteiger partial charge >= 0.3 is 0 Å². The number of nitrogens with two attached hydrogens (primary N) is 1. The summed E-state index contributed by atoms with van der Waals surface area (Å²) in [5.41, 5.74) is 8.81. The zero-order valence-corrected chi connectivity index (χ0v) is 10.7. The molecule has 96 valence electrons. The van der Waals surface area contributed by atoms with Gasteiger partial charge in [-0.05, 0) is 18.2 Å².